The average Bonchev–Trinajstić information content (AvgIpc) is 2.60. The normalized spacial score (nSPS) is 12.6. The lowest BCUT2D eigenvalue weighted by Gasteiger charge is -2.15. The van der Waals surface area contributed by atoms with Gasteiger partial charge in [0, 0.05) is 6.42 Å². The van der Waals surface area contributed by atoms with Gasteiger partial charge in [-0.25, -0.2) is 8.42 Å². The monoisotopic (exact) mass is 397 g/mol. The predicted molar refractivity (Wildman–Crippen MR) is 97.5 cm³/mol. The first-order valence-corrected chi connectivity index (χ1v) is 9.96. The molecule has 1 unspecified atom stereocenters. The van der Waals surface area contributed by atoms with Crippen molar-refractivity contribution in [2.24, 2.45) is 0 Å². The van der Waals surface area contributed by atoms with Crippen molar-refractivity contribution in [3.63, 3.8) is 0 Å². The maximum absolute atomic E-state index is 12.3. The lowest BCUT2D eigenvalue weighted by molar-refractivity contribution is -0.121. The van der Waals surface area contributed by atoms with Crippen molar-refractivity contribution < 1.29 is 26.7 Å². The molecule has 0 heterocycles. The van der Waals surface area contributed by atoms with Gasteiger partial charge < -0.3 is 10.1 Å². The number of nitrogens with one attached hydrogen (secondary N) is 1. The highest BCUT2D eigenvalue weighted by Crippen LogP contribution is 2.19. The highest BCUT2D eigenvalue weighted by atomic mass is 32.2. The largest absolute Gasteiger partial charge is 0.435 e. The molecule has 0 aliphatic rings. The summed E-state index contributed by atoms with van der Waals surface area (Å²) in [6.07, 6.45) is -0.173. The van der Waals surface area contributed by atoms with E-state index in [1.54, 1.807) is 31.2 Å². The Hall–Kier alpha value is -2.48. The molecular weight excluding hydrogens is 376 g/mol. The third-order valence-corrected chi connectivity index (χ3v) is 5.69. The Labute approximate surface area is 157 Å². The molecule has 0 radical (unpaired) electrons. The van der Waals surface area contributed by atoms with Crippen LogP contribution < -0.4 is 10.1 Å². The Morgan fingerprint density at radius 2 is 1.67 bits per heavy atom. The summed E-state index contributed by atoms with van der Waals surface area (Å²) in [5.74, 6) is -0.682. The molecule has 1 atom stereocenters. The Kier molecular flexibility index (Phi) is 6.90. The predicted octanol–water partition coefficient (Wildman–Crippen LogP) is 3.64. The zero-order valence-corrected chi connectivity index (χ0v) is 15.8. The Balaban J connectivity index is 1.90. The van der Waals surface area contributed by atoms with E-state index in [0.29, 0.717) is 5.56 Å². The van der Waals surface area contributed by atoms with Crippen LogP contribution in [0.15, 0.2) is 53.4 Å². The van der Waals surface area contributed by atoms with Gasteiger partial charge in [-0.1, -0.05) is 29.8 Å². The smallest absolute Gasteiger partial charge is 0.387 e. The molecule has 1 N–H and O–H groups in total. The second-order valence-corrected chi connectivity index (χ2v) is 8.23. The molecule has 27 heavy (non-hydrogen) atoms. The second-order valence-electron chi connectivity index (χ2n) is 6.12. The lowest BCUT2D eigenvalue weighted by atomic mass is 10.1. The van der Waals surface area contributed by atoms with Gasteiger partial charge >= 0.3 is 6.61 Å². The molecule has 2 aromatic carbocycles. The van der Waals surface area contributed by atoms with Crippen molar-refractivity contribution in [1.82, 2.24) is 5.32 Å². The van der Waals surface area contributed by atoms with E-state index in [1.807, 2.05) is 6.92 Å². The van der Waals surface area contributed by atoms with Gasteiger partial charge in [0.25, 0.3) is 0 Å². The molecule has 1 amide bonds. The van der Waals surface area contributed by atoms with Crippen LogP contribution in [0.4, 0.5) is 8.78 Å². The average molecular weight is 397 g/mol. The Bertz CT molecular complexity index is 866. The highest BCUT2D eigenvalue weighted by molar-refractivity contribution is 7.91. The molecule has 0 fully saturated rings. The summed E-state index contributed by atoms with van der Waals surface area (Å²) in [4.78, 5) is 12.3. The molecule has 0 aliphatic heterocycles. The molecule has 8 heteroatoms. The van der Waals surface area contributed by atoms with Crippen molar-refractivity contribution in [2.45, 2.75) is 37.8 Å². The standard InChI is InChI=1S/C19H21F2NO4S/c1-13-3-9-17(10-4-13)27(24,25)12-11-18(23)22-14(2)15-5-7-16(8-6-15)26-19(20)21/h3-10,14,19H,11-12H2,1-2H3,(H,22,23). The van der Waals surface area contributed by atoms with E-state index in [-0.39, 0.29) is 22.8 Å². The molecule has 0 aromatic heterocycles. The first-order chi connectivity index (χ1) is 12.7. The summed E-state index contributed by atoms with van der Waals surface area (Å²) in [7, 11) is -3.54. The van der Waals surface area contributed by atoms with Gasteiger partial charge in [0.05, 0.1) is 16.7 Å². The van der Waals surface area contributed by atoms with E-state index in [9.17, 15) is 22.0 Å². The highest BCUT2D eigenvalue weighted by Gasteiger charge is 2.17. The van der Waals surface area contributed by atoms with Crippen LogP contribution in [0.2, 0.25) is 0 Å². The van der Waals surface area contributed by atoms with E-state index >= 15 is 0 Å². The van der Waals surface area contributed by atoms with Crippen molar-refractivity contribution >= 4 is 15.7 Å². The molecule has 0 bridgehead atoms. The number of hydrogen-bond donors (Lipinski definition) is 1. The summed E-state index contributed by atoms with van der Waals surface area (Å²) < 4.78 is 53.1. The van der Waals surface area contributed by atoms with Gasteiger partial charge in [-0.2, -0.15) is 8.78 Å². The van der Waals surface area contributed by atoms with Crippen LogP contribution in [-0.4, -0.2) is 26.7 Å². The van der Waals surface area contributed by atoms with Gasteiger partial charge in [-0.3, -0.25) is 4.79 Å². The maximum atomic E-state index is 12.3. The van der Waals surface area contributed by atoms with Gasteiger partial charge in [0.15, 0.2) is 9.84 Å². The summed E-state index contributed by atoms with van der Waals surface area (Å²) >= 11 is 0. The van der Waals surface area contributed by atoms with Crippen LogP contribution >= 0.6 is 0 Å². The van der Waals surface area contributed by atoms with Crippen LogP contribution in [0.3, 0.4) is 0 Å². The SMILES string of the molecule is Cc1ccc(S(=O)(=O)CCC(=O)NC(C)c2ccc(OC(F)F)cc2)cc1. The number of rotatable bonds is 8. The number of halogens is 2. The molecule has 2 rings (SSSR count). The van der Waals surface area contributed by atoms with E-state index in [0.717, 1.165) is 5.56 Å². The van der Waals surface area contributed by atoms with E-state index in [4.69, 9.17) is 0 Å². The van der Waals surface area contributed by atoms with Gasteiger partial charge in [0.1, 0.15) is 5.75 Å². The van der Waals surface area contributed by atoms with Crippen LogP contribution in [0.5, 0.6) is 5.75 Å². The first-order valence-electron chi connectivity index (χ1n) is 8.31. The van der Waals surface area contributed by atoms with Gasteiger partial charge in [-0.15, -0.1) is 0 Å². The van der Waals surface area contributed by atoms with Crippen molar-refractivity contribution in [2.75, 3.05) is 5.75 Å². The minimum absolute atomic E-state index is 0.0245. The molecule has 5 nitrogen and oxygen atoms in total. The number of carbonyl (C=O) groups excluding carboxylic acids is 1. The third-order valence-electron chi connectivity index (χ3n) is 3.96. The fraction of sp³-hybridized carbons (Fsp3) is 0.316. The van der Waals surface area contributed by atoms with E-state index in [1.165, 1.54) is 24.3 Å². The fourth-order valence-corrected chi connectivity index (χ4v) is 3.67. The molecule has 146 valence electrons. The number of sulfone groups is 1. The second kappa shape index (κ2) is 8.94. The summed E-state index contributed by atoms with van der Waals surface area (Å²) in [6.45, 7) is 0.677. The van der Waals surface area contributed by atoms with E-state index in [2.05, 4.69) is 10.1 Å². The third kappa shape index (κ3) is 6.32. The topological polar surface area (TPSA) is 72.5 Å². The van der Waals surface area contributed by atoms with Crippen LogP contribution in [0.1, 0.15) is 30.5 Å². The fourth-order valence-electron chi connectivity index (χ4n) is 2.43. The molecule has 2 aromatic rings. The molecule has 0 saturated heterocycles. The number of ether oxygens (including phenoxy) is 1. The summed E-state index contributed by atoms with van der Waals surface area (Å²) in [6, 6.07) is 11.9. The zero-order valence-electron chi connectivity index (χ0n) is 15.0. The Morgan fingerprint density at radius 1 is 1.07 bits per heavy atom. The van der Waals surface area contributed by atoms with E-state index < -0.39 is 28.4 Å². The number of benzene rings is 2. The first kappa shape index (κ1) is 20.8. The minimum Gasteiger partial charge on any atom is -0.435 e. The zero-order chi connectivity index (χ0) is 20.0. The quantitative estimate of drug-likeness (QED) is 0.738. The number of amides is 1. The maximum Gasteiger partial charge on any atom is 0.387 e. The van der Waals surface area contributed by atoms with Crippen molar-refractivity contribution in [3.8, 4) is 5.75 Å². The van der Waals surface area contributed by atoms with Crippen LogP contribution in [0, 0.1) is 6.92 Å². The van der Waals surface area contributed by atoms with Crippen molar-refractivity contribution in [1.29, 1.82) is 0 Å². The summed E-state index contributed by atoms with van der Waals surface area (Å²) in [5, 5.41) is 2.70. The number of carbonyl (C=O) groups is 1. The summed E-state index contributed by atoms with van der Waals surface area (Å²) in [5.41, 5.74) is 1.64. The molecule has 0 spiro atoms. The van der Waals surface area contributed by atoms with Crippen LogP contribution in [0.25, 0.3) is 0 Å². The lowest BCUT2D eigenvalue weighted by Crippen LogP contribution is -2.28. The van der Waals surface area contributed by atoms with Crippen molar-refractivity contribution in [3.05, 3.63) is 59.7 Å². The van der Waals surface area contributed by atoms with Gasteiger partial charge in [-0.05, 0) is 43.7 Å². The number of hydrogen-bond acceptors (Lipinski definition) is 4. The molecular formula is C19H21F2NO4S. The molecule has 0 saturated carbocycles. The number of alkyl halides is 2. The Morgan fingerprint density at radius 3 is 2.22 bits per heavy atom. The van der Waals surface area contributed by atoms with Crippen LogP contribution in [-0.2, 0) is 14.6 Å². The molecule has 0 aliphatic carbocycles. The van der Waals surface area contributed by atoms with Gasteiger partial charge in [0.2, 0.25) is 5.91 Å². The number of aryl methyl sites for hydroxylation is 1. The minimum atomic E-state index is -3.54.